The van der Waals surface area contributed by atoms with Crippen molar-refractivity contribution in [2.75, 3.05) is 0 Å². The number of nitrogens with zero attached hydrogens (tertiary/aromatic N) is 2. The van der Waals surface area contributed by atoms with Crippen molar-refractivity contribution >= 4 is 11.4 Å². The van der Waals surface area contributed by atoms with Crippen molar-refractivity contribution < 1.29 is 19.2 Å². The number of hydrogen-bond acceptors (Lipinski definition) is 0. The van der Waals surface area contributed by atoms with Gasteiger partial charge in [0.25, 0.3) is 5.87 Å². The number of hydrogen-bond donors (Lipinski definition) is 0. The van der Waals surface area contributed by atoms with Gasteiger partial charge in [-0.05, 0) is 114 Å². The van der Waals surface area contributed by atoms with Gasteiger partial charge < -0.3 is 5.53 Å². The molecule has 0 N–H and O–H groups in total. The quantitative estimate of drug-likeness (QED) is 0.0228. The number of rotatable bonds is 22. The van der Waals surface area contributed by atoms with Crippen LogP contribution in [0.4, 0.5) is 0 Å². The van der Waals surface area contributed by atoms with Gasteiger partial charge in [-0.2, -0.15) is 0 Å². The zero-order chi connectivity index (χ0) is 34.0. The molecule has 2 aromatic rings. The van der Waals surface area contributed by atoms with Crippen molar-refractivity contribution in [1.29, 1.82) is 0 Å². The average molecular weight is 668 g/mol. The second kappa shape index (κ2) is 26.4. The van der Waals surface area contributed by atoms with Gasteiger partial charge >= 0.3 is 50.5 Å². The van der Waals surface area contributed by atoms with Gasteiger partial charge in [-0.25, -0.2) is 0 Å². The fourth-order valence-corrected chi connectivity index (χ4v) is 6.58. The predicted octanol–water partition coefficient (Wildman–Crippen LogP) is 12.7. The van der Waals surface area contributed by atoms with Crippen LogP contribution in [0.25, 0.3) is 11.1 Å². The molecule has 0 atom stereocenters. The maximum Gasteiger partial charge on any atom is 0.299 e. The fraction of sp³-hybridized carbons (Fsp3) is 0.535. The molecule has 0 fully saturated rings. The minimum absolute atomic E-state index is 1.05. The van der Waals surface area contributed by atoms with E-state index in [0.717, 1.165) is 55.7 Å². The molecule has 2 nitrogen and oxygen atoms in total. The first-order valence-corrected chi connectivity index (χ1v) is 19.5. The Morgan fingerprint density at radius 2 is 1.04 bits per heavy atom. The largest absolute Gasteiger partial charge is 0.348 e. The molecule has 0 amide bonds. The average Bonchev–Trinajstić information content (AvgIpc) is 3.06. The summed E-state index contributed by atoms with van der Waals surface area (Å²) >= 11 is 1.66. The number of allylic oxidation sites excluding steroid dienone is 4. The maximum absolute atomic E-state index is 9.10. The van der Waals surface area contributed by atoms with E-state index in [1.807, 2.05) is 12.2 Å². The topological polar surface area (TPSA) is 36.4 Å². The molecule has 0 spiro atoms. The van der Waals surface area contributed by atoms with Gasteiger partial charge in [-0.1, -0.05) is 104 Å². The Hall–Kier alpha value is -2.69. The smallest absolute Gasteiger partial charge is 0.299 e. The zero-order valence-corrected chi connectivity index (χ0v) is 31.3. The molecule has 0 bridgehead atoms. The van der Waals surface area contributed by atoms with Gasteiger partial charge in [0.15, 0.2) is 0 Å². The third kappa shape index (κ3) is 14.8. The Kier molecular flexibility index (Phi) is 23.7. The minimum Gasteiger partial charge on any atom is -0.348 e. The summed E-state index contributed by atoms with van der Waals surface area (Å²) in [6.45, 7) is 20.9. The van der Waals surface area contributed by atoms with E-state index in [0.29, 0.717) is 0 Å². The van der Waals surface area contributed by atoms with Gasteiger partial charge in [0, 0.05) is 0 Å². The first kappa shape index (κ1) is 41.3. The Morgan fingerprint density at radius 3 is 1.43 bits per heavy atom. The Labute approximate surface area is 290 Å². The van der Waals surface area contributed by atoms with E-state index in [-0.39, 0.29) is 0 Å². The first-order valence-electron chi connectivity index (χ1n) is 18.1. The molecule has 0 aromatic heterocycles. The zero-order valence-electron chi connectivity index (χ0n) is 30.3. The van der Waals surface area contributed by atoms with Gasteiger partial charge in [0.1, 0.15) is 0 Å². The predicted molar refractivity (Wildman–Crippen MR) is 201 cm³/mol. The Bertz CT molecular complexity index is 1220. The normalized spacial score (nSPS) is 11.0. The van der Waals surface area contributed by atoms with Crippen LogP contribution in [0, 0.1) is 0 Å². The van der Waals surface area contributed by atoms with Crippen molar-refractivity contribution in [3.63, 3.8) is 0 Å². The second-order valence-corrected chi connectivity index (χ2v) is 13.4. The van der Waals surface area contributed by atoms with Gasteiger partial charge in [-0.3, -0.25) is 0 Å². The molecule has 46 heavy (non-hydrogen) atoms. The van der Waals surface area contributed by atoms with Crippen LogP contribution in [0.5, 0.6) is 0 Å². The summed E-state index contributed by atoms with van der Waals surface area (Å²) < 4.78 is 0. The van der Waals surface area contributed by atoms with Crippen molar-refractivity contribution in [1.82, 2.24) is 0 Å². The summed E-state index contributed by atoms with van der Waals surface area (Å²) in [5.41, 5.74) is 22.1. The maximum atomic E-state index is 9.10. The molecule has 2 rings (SSSR count). The van der Waals surface area contributed by atoms with Crippen molar-refractivity contribution in [2.45, 2.75) is 149 Å². The van der Waals surface area contributed by atoms with E-state index in [9.17, 15) is 0 Å². The van der Waals surface area contributed by atoms with Crippen LogP contribution in [0.2, 0.25) is 10.8 Å². The molecule has 2 aromatic carbocycles. The molecular weight excluding hydrogens is 603 g/mol. The van der Waals surface area contributed by atoms with E-state index in [1.54, 1.807) is 31.6 Å². The summed E-state index contributed by atoms with van der Waals surface area (Å²) in [7, 11) is 0. The number of benzene rings is 2. The molecule has 0 saturated heterocycles. The van der Waals surface area contributed by atoms with Crippen LogP contribution in [0.3, 0.4) is 0 Å². The van der Waals surface area contributed by atoms with Gasteiger partial charge in [0.2, 0.25) is 0 Å². The number of aryl methyl sites for hydroxylation is 4. The SMILES string of the molecule is C=C[CH2][Ni][CH2]C=C.CCCCc1cc(C(=CC=C=[N+]=[N-])c2cc(CCC)c(CCC)c(CCC)c2)cc(CCCC)c1CCCC. The molecular formula is C43H64N2Ni. The first-order chi connectivity index (χ1) is 22.5. The third-order valence-electron chi connectivity index (χ3n) is 8.16. The Balaban J connectivity index is 0.00000135. The van der Waals surface area contributed by atoms with E-state index in [4.69, 9.17) is 5.53 Å². The molecule has 0 heterocycles. The summed E-state index contributed by atoms with van der Waals surface area (Å²) in [5, 5.41) is 2.11. The molecule has 0 aliphatic heterocycles. The van der Waals surface area contributed by atoms with Crippen LogP contribution in [0.15, 0.2) is 61.7 Å². The van der Waals surface area contributed by atoms with E-state index in [2.05, 4.69) is 95.7 Å². The van der Waals surface area contributed by atoms with Crippen LogP contribution < -0.4 is 0 Å². The summed E-state index contributed by atoms with van der Waals surface area (Å²) in [6.07, 6.45) is 25.3. The minimum atomic E-state index is 1.05. The molecule has 0 radical (unpaired) electrons. The van der Waals surface area contributed by atoms with Crippen molar-refractivity contribution in [2.24, 2.45) is 0 Å². The summed E-state index contributed by atoms with van der Waals surface area (Å²) in [5.74, 6) is 2.65. The van der Waals surface area contributed by atoms with Crippen LogP contribution in [-0.2, 0) is 53.0 Å². The molecule has 0 saturated carbocycles. The fourth-order valence-electron chi connectivity index (χ4n) is 6.01. The van der Waals surface area contributed by atoms with Crippen molar-refractivity contribution in [3.8, 4) is 0 Å². The third-order valence-corrected chi connectivity index (χ3v) is 9.30. The van der Waals surface area contributed by atoms with Gasteiger partial charge in [-0.15, -0.1) is 4.79 Å². The van der Waals surface area contributed by atoms with Crippen LogP contribution >= 0.6 is 0 Å². The van der Waals surface area contributed by atoms with Crippen LogP contribution in [-0.4, -0.2) is 10.7 Å². The monoisotopic (exact) mass is 666 g/mol. The summed E-state index contributed by atoms with van der Waals surface area (Å²) in [4.78, 5) is 3.14. The van der Waals surface area contributed by atoms with Crippen LogP contribution in [0.1, 0.15) is 144 Å². The standard InChI is InChI=1S/C37H54N2.2C3H5.Ni/c1-7-13-20-31-27-34(28-32(21-14-8-2)36(31)22-15-9-3)37(23-16-24-39-38)33-25-29(17-10-4)35(19-12-6)30(26-33)18-11-5;2*1-3-2;/h16,23,25-28H,7-15,17-22H2,1-6H3;2*3H,1-2H2;. The second-order valence-electron chi connectivity index (χ2n) is 12.1. The van der Waals surface area contributed by atoms with Gasteiger partial charge in [0.05, 0.1) is 6.08 Å². The number of unbranched alkanes of at least 4 members (excludes halogenated alkanes) is 3. The van der Waals surface area contributed by atoms with E-state index >= 15 is 0 Å². The molecule has 0 unspecified atom stereocenters. The van der Waals surface area contributed by atoms with E-state index in [1.165, 1.54) is 90.3 Å². The molecule has 0 aliphatic carbocycles. The molecule has 3 heteroatoms. The van der Waals surface area contributed by atoms with Crippen molar-refractivity contribution in [3.05, 3.63) is 112 Å². The van der Waals surface area contributed by atoms with E-state index < -0.39 is 0 Å². The Morgan fingerprint density at radius 1 is 0.630 bits per heavy atom. The molecule has 256 valence electrons. The summed E-state index contributed by atoms with van der Waals surface area (Å²) in [6, 6.07) is 9.85. The molecule has 0 aliphatic rings.